The molecular weight excluding hydrogens is 276 g/mol. The van der Waals surface area contributed by atoms with E-state index in [0.29, 0.717) is 12.4 Å². The zero-order chi connectivity index (χ0) is 14.8. The summed E-state index contributed by atoms with van der Waals surface area (Å²) in [7, 11) is 0. The van der Waals surface area contributed by atoms with E-state index in [1.54, 1.807) is 0 Å². The van der Waals surface area contributed by atoms with E-state index < -0.39 is 5.97 Å². The van der Waals surface area contributed by atoms with Gasteiger partial charge in [-0.25, -0.2) is 4.79 Å². The maximum atomic E-state index is 11.3. The van der Waals surface area contributed by atoms with Crippen molar-refractivity contribution in [1.29, 1.82) is 0 Å². The molecule has 0 saturated carbocycles. The molecular formula is C15H22O4S. The van der Waals surface area contributed by atoms with Gasteiger partial charge in [-0.15, -0.1) is 11.3 Å². The van der Waals surface area contributed by atoms with E-state index in [2.05, 4.69) is 20.8 Å². The van der Waals surface area contributed by atoms with Gasteiger partial charge in [0.05, 0.1) is 6.10 Å². The highest BCUT2D eigenvalue weighted by Crippen LogP contribution is 2.37. The summed E-state index contributed by atoms with van der Waals surface area (Å²) in [6.45, 7) is 7.41. The fourth-order valence-corrected chi connectivity index (χ4v) is 3.12. The second-order valence-electron chi connectivity index (χ2n) is 6.16. The number of hydrogen-bond acceptors (Lipinski definition) is 4. The Labute approximate surface area is 123 Å². The highest BCUT2D eigenvalue weighted by Gasteiger charge is 2.24. The Morgan fingerprint density at radius 2 is 2.25 bits per heavy atom. The van der Waals surface area contributed by atoms with Crippen molar-refractivity contribution in [2.24, 2.45) is 0 Å². The highest BCUT2D eigenvalue weighted by atomic mass is 32.1. The van der Waals surface area contributed by atoms with Gasteiger partial charge in [0.1, 0.15) is 12.4 Å². The predicted molar refractivity (Wildman–Crippen MR) is 79.1 cm³/mol. The van der Waals surface area contributed by atoms with E-state index in [0.717, 1.165) is 30.7 Å². The molecule has 1 aromatic heterocycles. The van der Waals surface area contributed by atoms with Crippen LogP contribution >= 0.6 is 11.3 Å². The van der Waals surface area contributed by atoms with Gasteiger partial charge in [-0.05, 0) is 30.7 Å². The Morgan fingerprint density at radius 3 is 2.80 bits per heavy atom. The third-order valence-electron chi connectivity index (χ3n) is 3.33. The lowest BCUT2D eigenvalue weighted by molar-refractivity contribution is -0.0112. The average molecular weight is 298 g/mol. The molecule has 5 heteroatoms. The molecule has 0 aromatic carbocycles. The molecule has 2 rings (SSSR count). The van der Waals surface area contributed by atoms with Crippen molar-refractivity contribution in [3.05, 3.63) is 15.8 Å². The minimum atomic E-state index is -0.926. The normalized spacial score (nSPS) is 19.9. The first-order chi connectivity index (χ1) is 9.38. The van der Waals surface area contributed by atoms with Crippen LogP contribution in [0.15, 0.2) is 6.07 Å². The summed E-state index contributed by atoms with van der Waals surface area (Å²) in [5.41, 5.74) is -0.0716. The second-order valence-corrected chi connectivity index (χ2v) is 7.21. The van der Waals surface area contributed by atoms with Gasteiger partial charge >= 0.3 is 5.97 Å². The number of carboxylic acids is 1. The van der Waals surface area contributed by atoms with Gasteiger partial charge in [-0.1, -0.05) is 20.8 Å². The second kappa shape index (κ2) is 6.14. The summed E-state index contributed by atoms with van der Waals surface area (Å²) in [6.07, 6.45) is 3.32. The number of aromatic carboxylic acids is 1. The third kappa shape index (κ3) is 3.73. The van der Waals surface area contributed by atoms with Crippen molar-refractivity contribution in [3.63, 3.8) is 0 Å². The summed E-state index contributed by atoms with van der Waals surface area (Å²) in [5.74, 6) is -0.452. The van der Waals surface area contributed by atoms with Gasteiger partial charge in [-0.3, -0.25) is 0 Å². The van der Waals surface area contributed by atoms with E-state index in [-0.39, 0.29) is 16.4 Å². The monoisotopic (exact) mass is 298 g/mol. The molecule has 1 aliphatic heterocycles. The number of rotatable bonds is 4. The summed E-state index contributed by atoms with van der Waals surface area (Å²) in [6, 6.07) is 1.86. The number of thiophene rings is 1. The van der Waals surface area contributed by atoms with Crippen LogP contribution in [0.2, 0.25) is 0 Å². The molecule has 0 aliphatic carbocycles. The largest absolute Gasteiger partial charge is 0.489 e. The Kier molecular flexibility index (Phi) is 4.70. The molecule has 1 unspecified atom stereocenters. The van der Waals surface area contributed by atoms with Crippen LogP contribution in [-0.2, 0) is 10.2 Å². The van der Waals surface area contributed by atoms with E-state index in [9.17, 15) is 9.90 Å². The van der Waals surface area contributed by atoms with Crippen LogP contribution in [0.5, 0.6) is 5.75 Å². The molecule has 0 amide bonds. The Hall–Kier alpha value is -1.07. The van der Waals surface area contributed by atoms with Gasteiger partial charge in [0, 0.05) is 11.5 Å². The van der Waals surface area contributed by atoms with Gasteiger partial charge in [0.15, 0.2) is 4.88 Å². The van der Waals surface area contributed by atoms with Crippen molar-refractivity contribution in [3.8, 4) is 5.75 Å². The summed E-state index contributed by atoms with van der Waals surface area (Å²) in [4.78, 5) is 12.6. The number of hydrogen-bond donors (Lipinski definition) is 1. The first kappa shape index (κ1) is 15.3. The van der Waals surface area contributed by atoms with Gasteiger partial charge in [-0.2, -0.15) is 0 Å². The van der Waals surface area contributed by atoms with Crippen molar-refractivity contribution < 1.29 is 19.4 Å². The molecule has 0 bridgehead atoms. The van der Waals surface area contributed by atoms with Crippen LogP contribution in [0.4, 0.5) is 0 Å². The lowest BCUT2D eigenvalue weighted by atomic mass is 9.95. The van der Waals surface area contributed by atoms with Crippen LogP contribution < -0.4 is 4.74 Å². The van der Waals surface area contributed by atoms with Crippen LogP contribution in [0.25, 0.3) is 0 Å². The molecule has 1 aromatic rings. The zero-order valence-corrected chi connectivity index (χ0v) is 13.1. The van der Waals surface area contributed by atoms with Crippen molar-refractivity contribution >= 4 is 17.3 Å². The minimum absolute atomic E-state index is 0.0716. The third-order valence-corrected chi connectivity index (χ3v) is 4.86. The van der Waals surface area contributed by atoms with Crippen LogP contribution in [0.1, 0.15) is 54.6 Å². The maximum Gasteiger partial charge on any atom is 0.349 e. The Morgan fingerprint density at radius 1 is 1.50 bits per heavy atom. The van der Waals surface area contributed by atoms with E-state index in [4.69, 9.17) is 9.47 Å². The Balaban J connectivity index is 2.09. The van der Waals surface area contributed by atoms with Gasteiger partial charge in [0.25, 0.3) is 0 Å². The molecule has 112 valence electrons. The van der Waals surface area contributed by atoms with Crippen LogP contribution in [-0.4, -0.2) is 30.4 Å². The van der Waals surface area contributed by atoms with Crippen molar-refractivity contribution in [1.82, 2.24) is 0 Å². The highest BCUT2D eigenvalue weighted by molar-refractivity contribution is 7.14. The minimum Gasteiger partial charge on any atom is -0.489 e. The van der Waals surface area contributed by atoms with Crippen molar-refractivity contribution in [2.75, 3.05) is 13.2 Å². The molecule has 4 nitrogen and oxygen atoms in total. The van der Waals surface area contributed by atoms with Crippen molar-refractivity contribution in [2.45, 2.75) is 51.6 Å². The van der Waals surface area contributed by atoms with E-state index in [1.165, 1.54) is 11.3 Å². The molecule has 1 N–H and O–H groups in total. The predicted octanol–water partition coefficient (Wildman–Crippen LogP) is 3.69. The molecule has 0 radical (unpaired) electrons. The SMILES string of the molecule is CC(C)(C)c1cc(OCC2CCCCO2)c(C(=O)O)s1. The maximum absolute atomic E-state index is 11.3. The lowest BCUT2D eigenvalue weighted by Crippen LogP contribution is -2.26. The zero-order valence-electron chi connectivity index (χ0n) is 12.3. The van der Waals surface area contributed by atoms with Gasteiger partial charge in [0.2, 0.25) is 0 Å². The van der Waals surface area contributed by atoms with E-state index in [1.807, 2.05) is 6.07 Å². The molecule has 1 fully saturated rings. The molecule has 2 heterocycles. The molecule has 1 saturated heterocycles. The fraction of sp³-hybridized carbons (Fsp3) is 0.667. The van der Waals surface area contributed by atoms with E-state index >= 15 is 0 Å². The van der Waals surface area contributed by atoms with Crippen LogP contribution in [0.3, 0.4) is 0 Å². The first-order valence-electron chi connectivity index (χ1n) is 7.00. The summed E-state index contributed by atoms with van der Waals surface area (Å²) >= 11 is 1.30. The smallest absolute Gasteiger partial charge is 0.349 e. The number of carboxylic acid groups (broad SMARTS) is 1. The summed E-state index contributed by atoms with van der Waals surface area (Å²) < 4.78 is 11.3. The quantitative estimate of drug-likeness (QED) is 0.921. The van der Waals surface area contributed by atoms with Gasteiger partial charge < -0.3 is 14.6 Å². The number of ether oxygens (including phenoxy) is 2. The van der Waals surface area contributed by atoms with Crippen LogP contribution in [0, 0.1) is 0 Å². The fourth-order valence-electron chi connectivity index (χ4n) is 2.12. The standard InChI is InChI=1S/C15H22O4S/c1-15(2,3)12-8-11(13(20-12)14(16)17)19-9-10-6-4-5-7-18-10/h8,10H,4-7,9H2,1-3H3,(H,16,17). The lowest BCUT2D eigenvalue weighted by Gasteiger charge is -2.22. The topological polar surface area (TPSA) is 55.8 Å². The molecule has 1 aliphatic rings. The Bertz CT molecular complexity index is 467. The first-order valence-corrected chi connectivity index (χ1v) is 7.81. The number of carbonyl (C=O) groups is 1. The average Bonchev–Trinajstić information content (AvgIpc) is 2.82. The molecule has 1 atom stereocenters. The summed E-state index contributed by atoms with van der Waals surface area (Å²) in [5, 5.41) is 9.28. The molecule has 20 heavy (non-hydrogen) atoms. The molecule has 0 spiro atoms.